The van der Waals surface area contributed by atoms with E-state index in [-0.39, 0.29) is 6.04 Å². The minimum atomic E-state index is -0.803. The van der Waals surface area contributed by atoms with Crippen molar-refractivity contribution in [2.75, 3.05) is 7.05 Å². The molecule has 1 heterocycles. The Bertz CT molecular complexity index is 440. The van der Waals surface area contributed by atoms with Gasteiger partial charge in [-0.15, -0.1) is 0 Å². The molecule has 0 bridgehead atoms. The highest BCUT2D eigenvalue weighted by Crippen LogP contribution is 2.26. The Balaban J connectivity index is 3.07. The van der Waals surface area contributed by atoms with Crippen LogP contribution in [0.25, 0.3) is 0 Å². The summed E-state index contributed by atoms with van der Waals surface area (Å²) in [4.78, 5) is 12.9. The molecule has 1 aromatic rings. The van der Waals surface area contributed by atoms with Gasteiger partial charge in [0.05, 0.1) is 5.69 Å². The van der Waals surface area contributed by atoms with Crippen LogP contribution in [0.3, 0.4) is 0 Å². The number of hydrogen-bond donors (Lipinski definition) is 1. The molecule has 0 fully saturated rings. The van der Waals surface area contributed by atoms with E-state index in [2.05, 4.69) is 12.0 Å². The highest BCUT2D eigenvalue weighted by Gasteiger charge is 2.26. The topological polar surface area (TPSA) is 58.4 Å². The van der Waals surface area contributed by atoms with Crippen LogP contribution in [0.2, 0.25) is 0 Å². The Morgan fingerprint density at radius 2 is 2.00 bits per heavy atom. The lowest BCUT2D eigenvalue weighted by atomic mass is 10.0. The van der Waals surface area contributed by atoms with Gasteiger partial charge < -0.3 is 5.11 Å². The summed E-state index contributed by atoms with van der Waals surface area (Å²) in [5, 5.41) is 13.6. The van der Waals surface area contributed by atoms with Crippen molar-refractivity contribution in [2.45, 2.75) is 53.2 Å². The second kappa shape index (κ2) is 5.52. The van der Waals surface area contributed by atoms with Gasteiger partial charge in [0.2, 0.25) is 0 Å². The standard InChI is InChI=1S/C13H23N3O2/c1-7-16-10(4)12(8(2)14-16)9(3)15(6)11(5)13(17)18/h9,11H,7H2,1-6H3,(H,17,18). The fourth-order valence-corrected chi connectivity index (χ4v) is 2.34. The summed E-state index contributed by atoms with van der Waals surface area (Å²) < 4.78 is 1.96. The summed E-state index contributed by atoms with van der Waals surface area (Å²) in [6, 6.07) is -0.472. The first-order valence-corrected chi connectivity index (χ1v) is 6.29. The molecule has 1 aromatic heterocycles. The summed E-state index contributed by atoms with van der Waals surface area (Å²) in [5.41, 5.74) is 3.23. The summed E-state index contributed by atoms with van der Waals surface area (Å²) in [6.45, 7) is 10.6. The summed E-state index contributed by atoms with van der Waals surface area (Å²) >= 11 is 0. The minimum absolute atomic E-state index is 0.0383. The summed E-state index contributed by atoms with van der Waals surface area (Å²) in [7, 11) is 1.84. The van der Waals surface area contributed by atoms with E-state index < -0.39 is 12.0 Å². The molecule has 2 unspecified atom stereocenters. The number of carboxylic acid groups (broad SMARTS) is 1. The lowest BCUT2D eigenvalue weighted by molar-refractivity contribution is -0.142. The van der Waals surface area contributed by atoms with E-state index in [1.807, 2.05) is 37.4 Å². The van der Waals surface area contributed by atoms with Gasteiger partial charge in [0.1, 0.15) is 6.04 Å². The average Bonchev–Trinajstić information content (AvgIpc) is 2.61. The molecule has 1 N–H and O–H groups in total. The van der Waals surface area contributed by atoms with Crippen LogP contribution in [-0.4, -0.2) is 38.8 Å². The maximum atomic E-state index is 11.0. The van der Waals surface area contributed by atoms with Gasteiger partial charge in [0.15, 0.2) is 0 Å². The molecule has 0 amide bonds. The number of carbonyl (C=O) groups is 1. The molecule has 0 radical (unpaired) electrons. The molecule has 0 aliphatic carbocycles. The van der Waals surface area contributed by atoms with Crippen LogP contribution in [0.15, 0.2) is 0 Å². The van der Waals surface area contributed by atoms with Gasteiger partial charge in [-0.25, -0.2) is 0 Å². The number of likely N-dealkylation sites (N-methyl/N-ethyl adjacent to an activating group) is 1. The third-order valence-corrected chi connectivity index (χ3v) is 3.73. The van der Waals surface area contributed by atoms with Crippen molar-refractivity contribution in [3.8, 4) is 0 Å². The number of hydrogen-bond acceptors (Lipinski definition) is 3. The maximum absolute atomic E-state index is 11.0. The Labute approximate surface area is 108 Å². The number of aryl methyl sites for hydroxylation is 2. The van der Waals surface area contributed by atoms with Crippen molar-refractivity contribution in [3.05, 3.63) is 17.0 Å². The molecule has 1 rings (SSSR count). The van der Waals surface area contributed by atoms with Gasteiger partial charge in [-0.05, 0) is 41.7 Å². The van der Waals surface area contributed by atoms with E-state index in [1.54, 1.807) is 6.92 Å². The number of rotatable bonds is 5. The SMILES string of the molecule is CCn1nc(C)c(C(C)N(C)C(C)C(=O)O)c1C. The first-order chi connectivity index (χ1) is 8.31. The normalized spacial score (nSPS) is 14.8. The molecule has 102 valence electrons. The summed E-state index contributed by atoms with van der Waals surface area (Å²) in [5.74, 6) is -0.803. The van der Waals surface area contributed by atoms with Gasteiger partial charge in [0.25, 0.3) is 0 Å². The van der Waals surface area contributed by atoms with E-state index in [0.29, 0.717) is 0 Å². The fraction of sp³-hybridized carbons (Fsp3) is 0.692. The van der Waals surface area contributed by atoms with Crippen LogP contribution in [0.4, 0.5) is 0 Å². The molecule has 0 saturated heterocycles. The minimum Gasteiger partial charge on any atom is -0.480 e. The molecule has 0 aliphatic heterocycles. The van der Waals surface area contributed by atoms with Crippen LogP contribution < -0.4 is 0 Å². The molecule has 0 aromatic carbocycles. The Morgan fingerprint density at radius 1 is 1.44 bits per heavy atom. The maximum Gasteiger partial charge on any atom is 0.320 e. The number of aliphatic carboxylic acids is 1. The van der Waals surface area contributed by atoms with Crippen LogP contribution in [-0.2, 0) is 11.3 Å². The van der Waals surface area contributed by atoms with Crippen LogP contribution >= 0.6 is 0 Å². The zero-order chi connectivity index (χ0) is 14.0. The first kappa shape index (κ1) is 14.7. The molecular formula is C13H23N3O2. The quantitative estimate of drug-likeness (QED) is 0.871. The van der Waals surface area contributed by atoms with Crippen molar-refractivity contribution in [3.63, 3.8) is 0 Å². The fourth-order valence-electron chi connectivity index (χ4n) is 2.34. The number of aromatic nitrogens is 2. The second-order valence-corrected chi connectivity index (χ2v) is 4.76. The zero-order valence-corrected chi connectivity index (χ0v) is 12.1. The number of nitrogens with zero attached hydrogens (tertiary/aromatic N) is 3. The largest absolute Gasteiger partial charge is 0.480 e. The molecule has 5 nitrogen and oxygen atoms in total. The van der Waals surface area contributed by atoms with Gasteiger partial charge in [-0.2, -0.15) is 5.10 Å². The lowest BCUT2D eigenvalue weighted by Crippen LogP contribution is -2.37. The Hall–Kier alpha value is -1.36. The van der Waals surface area contributed by atoms with Gasteiger partial charge in [0, 0.05) is 23.8 Å². The zero-order valence-electron chi connectivity index (χ0n) is 12.1. The van der Waals surface area contributed by atoms with E-state index in [4.69, 9.17) is 5.11 Å². The summed E-state index contributed by atoms with van der Waals surface area (Å²) in [6.07, 6.45) is 0. The van der Waals surface area contributed by atoms with Crippen molar-refractivity contribution >= 4 is 5.97 Å². The Morgan fingerprint density at radius 3 is 2.39 bits per heavy atom. The van der Waals surface area contributed by atoms with Crippen molar-refractivity contribution < 1.29 is 9.90 Å². The smallest absolute Gasteiger partial charge is 0.320 e. The monoisotopic (exact) mass is 253 g/mol. The van der Waals surface area contributed by atoms with Crippen LogP contribution in [0.5, 0.6) is 0 Å². The van der Waals surface area contributed by atoms with Crippen LogP contribution in [0, 0.1) is 13.8 Å². The predicted molar refractivity (Wildman–Crippen MR) is 70.7 cm³/mol. The van der Waals surface area contributed by atoms with E-state index in [9.17, 15) is 4.79 Å². The third kappa shape index (κ3) is 2.56. The van der Waals surface area contributed by atoms with E-state index in [0.717, 1.165) is 23.5 Å². The number of carboxylic acids is 1. The van der Waals surface area contributed by atoms with Crippen molar-refractivity contribution in [2.24, 2.45) is 0 Å². The second-order valence-electron chi connectivity index (χ2n) is 4.76. The first-order valence-electron chi connectivity index (χ1n) is 6.29. The molecule has 5 heteroatoms. The highest BCUT2D eigenvalue weighted by atomic mass is 16.4. The van der Waals surface area contributed by atoms with Gasteiger partial charge >= 0.3 is 5.97 Å². The van der Waals surface area contributed by atoms with E-state index >= 15 is 0 Å². The molecule has 0 spiro atoms. The third-order valence-electron chi connectivity index (χ3n) is 3.73. The van der Waals surface area contributed by atoms with E-state index in [1.165, 1.54) is 0 Å². The van der Waals surface area contributed by atoms with Crippen molar-refractivity contribution in [1.29, 1.82) is 0 Å². The molecule has 0 saturated carbocycles. The molecular weight excluding hydrogens is 230 g/mol. The van der Waals surface area contributed by atoms with Gasteiger partial charge in [-0.3, -0.25) is 14.4 Å². The molecule has 2 atom stereocenters. The molecule has 0 aliphatic rings. The molecule has 18 heavy (non-hydrogen) atoms. The van der Waals surface area contributed by atoms with Crippen LogP contribution in [0.1, 0.15) is 43.8 Å². The predicted octanol–water partition coefficient (Wildman–Crippen LogP) is 1.99. The highest BCUT2D eigenvalue weighted by molar-refractivity contribution is 5.72. The average molecular weight is 253 g/mol. The lowest BCUT2D eigenvalue weighted by Gasteiger charge is -2.28. The van der Waals surface area contributed by atoms with Gasteiger partial charge in [-0.1, -0.05) is 0 Å². The Kier molecular flexibility index (Phi) is 4.51. The van der Waals surface area contributed by atoms with Crippen molar-refractivity contribution in [1.82, 2.24) is 14.7 Å².